The summed E-state index contributed by atoms with van der Waals surface area (Å²) in [4.78, 5) is 33.7. The molecule has 0 saturated carbocycles. The number of carbonyl (C=O) groups excluding carboxylic acids is 1. The van der Waals surface area contributed by atoms with Crippen LogP contribution in [0.15, 0.2) is 42.5 Å². The van der Waals surface area contributed by atoms with Crippen molar-refractivity contribution >= 4 is 17.7 Å². The van der Waals surface area contributed by atoms with E-state index in [9.17, 15) is 19.5 Å². The highest BCUT2D eigenvalue weighted by molar-refractivity contribution is 6.01. The molecule has 0 bridgehead atoms. The third kappa shape index (κ3) is 6.14. The van der Waals surface area contributed by atoms with Crippen molar-refractivity contribution in [1.82, 2.24) is 0 Å². The van der Waals surface area contributed by atoms with Crippen molar-refractivity contribution in [1.29, 1.82) is 0 Å². The van der Waals surface area contributed by atoms with Crippen LogP contribution >= 0.6 is 0 Å². The molecule has 0 unspecified atom stereocenters. The Bertz CT molecular complexity index is 825. The number of carboxylic acids is 2. The summed E-state index contributed by atoms with van der Waals surface area (Å²) in [6, 6.07) is 11.6. The monoisotopic (exact) mass is 372 g/mol. The van der Waals surface area contributed by atoms with E-state index in [1.54, 1.807) is 0 Å². The van der Waals surface area contributed by atoms with Gasteiger partial charge in [-0.15, -0.1) is 0 Å². The molecule has 0 aliphatic heterocycles. The van der Waals surface area contributed by atoms with Crippen LogP contribution in [-0.2, 0) is 22.4 Å². The van der Waals surface area contributed by atoms with Crippen molar-refractivity contribution < 1.29 is 34.4 Å². The van der Waals surface area contributed by atoms with E-state index in [0.29, 0.717) is 12.8 Å². The smallest absolute Gasteiger partial charge is 0.341 e. The highest BCUT2D eigenvalue weighted by Crippen LogP contribution is 2.29. The first kappa shape index (κ1) is 20.0. The van der Waals surface area contributed by atoms with E-state index >= 15 is 0 Å². The topological polar surface area (TPSA) is 121 Å². The highest BCUT2D eigenvalue weighted by Gasteiger charge is 2.18. The molecule has 2 aromatic carbocycles. The summed E-state index contributed by atoms with van der Waals surface area (Å²) < 4.78 is 5.09. The summed E-state index contributed by atoms with van der Waals surface area (Å²) >= 11 is 0. The minimum absolute atomic E-state index is 0.0307. The van der Waals surface area contributed by atoms with Gasteiger partial charge in [-0.1, -0.05) is 30.3 Å². The standard InChI is InChI=1S/C20H20O7/c21-15-2-1-3-17(27-12-19(25)26)20(15)16(22)10-8-13-4-6-14(7-5-13)9-11-18(23)24/h1-7,21H,8-12H2,(H,23,24)(H,25,26). The van der Waals surface area contributed by atoms with Crippen LogP contribution in [0.25, 0.3) is 0 Å². The Balaban J connectivity index is 2.01. The van der Waals surface area contributed by atoms with Gasteiger partial charge in [0.15, 0.2) is 12.4 Å². The normalized spacial score (nSPS) is 10.4. The molecule has 0 amide bonds. The first-order valence-corrected chi connectivity index (χ1v) is 8.36. The Hall–Kier alpha value is -3.35. The number of carboxylic acid groups (broad SMARTS) is 2. The fourth-order valence-electron chi connectivity index (χ4n) is 2.57. The summed E-state index contributed by atoms with van der Waals surface area (Å²) in [5, 5.41) is 27.4. The number of phenols is 1. The van der Waals surface area contributed by atoms with E-state index in [1.807, 2.05) is 24.3 Å². The number of ketones is 1. The lowest BCUT2D eigenvalue weighted by Crippen LogP contribution is -2.12. The second-order valence-corrected chi connectivity index (χ2v) is 5.97. The second kappa shape index (κ2) is 9.38. The molecule has 0 saturated heterocycles. The van der Waals surface area contributed by atoms with E-state index in [2.05, 4.69) is 0 Å². The largest absolute Gasteiger partial charge is 0.507 e. The fourth-order valence-corrected chi connectivity index (χ4v) is 2.57. The molecule has 0 fully saturated rings. The van der Waals surface area contributed by atoms with Crippen LogP contribution in [0, 0.1) is 0 Å². The van der Waals surface area contributed by atoms with Crippen LogP contribution in [0.3, 0.4) is 0 Å². The molecule has 3 N–H and O–H groups in total. The van der Waals surface area contributed by atoms with Gasteiger partial charge in [-0.25, -0.2) is 4.79 Å². The van der Waals surface area contributed by atoms with Gasteiger partial charge in [0.05, 0.1) is 0 Å². The van der Waals surface area contributed by atoms with Crippen LogP contribution in [0.2, 0.25) is 0 Å². The second-order valence-electron chi connectivity index (χ2n) is 5.97. The molecule has 0 aromatic heterocycles. The number of carbonyl (C=O) groups is 3. The third-order valence-electron chi connectivity index (χ3n) is 3.93. The zero-order valence-electron chi connectivity index (χ0n) is 14.6. The number of aromatic hydroxyl groups is 1. The Kier molecular flexibility index (Phi) is 6.93. The molecule has 2 aromatic rings. The maximum atomic E-state index is 12.5. The predicted molar refractivity (Wildman–Crippen MR) is 96.3 cm³/mol. The van der Waals surface area contributed by atoms with Crippen LogP contribution in [0.4, 0.5) is 0 Å². The van der Waals surface area contributed by atoms with Crippen LogP contribution < -0.4 is 4.74 Å². The lowest BCUT2D eigenvalue weighted by molar-refractivity contribution is -0.139. The van der Waals surface area contributed by atoms with Gasteiger partial charge >= 0.3 is 11.9 Å². The van der Waals surface area contributed by atoms with Gasteiger partial charge < -0.3 is 20.1 Å². The molecule has 0 radical (unpaired) electrons. The predicted octanol–water partition coefficient (Wildman–Crippen LogP) is 2.69. The fraction of sp³-hybridized carbons (Fsp3) is 0.250. The van der Waals surface area contributed by atoms with Crippen molar-refractivity contribution in [2.75, 3.05) is 6.61 Å². The zero-order valence-corrected chi connectivity index (χ0v) is 14.6. The summed E-state index contributed by atoms with van der Waals surface area (Å²) in [6.45, 7) is -0.610. The number of aryl methyl sites for hydroxylation is 2. The SMILES string of the molecule is O=C(O)CCc1ccc(CCC(=O)c2c(O)cccc2OCC(=O)O)cc1. The Morgan fingerprint density at radius 3 is 1.96 bits per heavy atom. The minimum Gasteiger partial charge on any atom is -0.507 e. The molecule has 0 heterocycles. The van der Waals surface area contributed by atoms with E-state index < -0.39 is 18.5 Å². The average molecular weight is 372 g/mol. The molecule has 7 nitrogen and oxygen atoms in total. The molecule has 2 rings (SSSR count). The van der Waals surface area contributed by atoms with E-state index in [4.69, 9.17) is 14.9 Å². The van der Waals surface area contributed by atoms with Gasteiger partial charge in [0.25, 0.3) is 0 Å². The Labute approximate surface area is 155 Å². The molecule has 7 heteroatoms. The van der Waals surface area contributed by atoms with Crippen LogP contribution in [0.5, 0.6) is 11.5 Å². The van der Waals surface area contributed by atoms with Gasteiger partial charge in [-0.05, 0) is 36.1 Å². The Morgan fingerprint density at radius 1 is 0.815 bits per heavy atom. The molecule has 0 aliphatic rings. The molecular formula is C20H20O7. The number of benzene rings is 2. The summed E-state index contributed by atoms with van der Waals surface area (Å²) in [5.74, 6) is -2.62. The van der Waals surface area contributed by atoms with Crippen molar-refractivity contribution in [2.45, 2.75) is 25.7 Å². The average Bonchev–Trinajstić information content (AvgIpc) is 2.63. The lowest BCUT2D eigenvalue weighted by atomic mass is 10.00. The molecule has 0 aliphatic carbocycles. The zero-order chi connectivity index (χ0) is 19.8. The first-order chi connectivity index (χ1) is 12.9. The van der Waals surface area contributed by atoms with Gasteiger partial charge in [-0.2, -0.15) is 0 Å². The third-order valence-corrected chi connectivity index (χ3v) is 3.93. The van der Waals surface area contributed by atoms with Gasteiger partial charge in [-0.3, -0.25) is 9.59 Å². The molecule has 0 atom stereocenters. The molecule has 0 spiro atoms. The Morgan fingerprint density at radius 2 is 1.41 bits per heavy atom. The van der Waals surface area contributed by atoms with Crippen molar-refractivity contribution in [3.05, 3.63) is 59.2 Å². The number of phenolic OH excluding ortho intramolecular Hbond substituents is 1. The summed E-state index contributed by atoms with van der Waals surface area (Å²) in [7, 11) is 0. The van der Waals surface area contributed by atoms with Gasteiger partial charge in [0.2, 0.25) is 0 Å². The van der Waals surface area contributed by atoms with E-state index in [0.717, 1.165) is 11.1 Å². The molecular weight excluding hydrogens is 352 g/mol. The van der Waals surface area contributed by atoms with Crippen LogP contribution in [-0.4, -0.2) is 39.6 Å². The number of Topliss-reactive ketones (excluding diaryl/α,β-unsaturated/α-hetero) is 1. The van der Waals surface area contributed by atoms with E-state index in [-0.39, 0.29) is 35.7 Å². The van der Waals surface area contributed by atoms with Gasteiger partial charge in [0, 0.05) is 12.8 Å². The number of ether oxygens (including phenoxy) is 1. The van der Waals surface area contributed by atoms with E-state index in [1.165, 1.54) is 18.2 Å². The number of aliphatic carboxylic acids is 2. The van der Waals surface area contributed by atoms with Crippen molar-refractivity contribution in [3.8, 4) is 11.5 Å². The van der Waals surface area contributed by atoms with Crippen LogP contribution in [0.1, 0.15) is 34.3 Å². The maximum absolute atomic E-state index is 12.5. The number of rotatable bonds is 10. The summed E-state index contributed by atoms with van der Waals surface area (Å²) in [5.41, 5.74) is 1.76. The maximum Gasteiger partial charge on any atom is 0.341 e. The van der Waals surface area contributed by atoms with Crippen molar-refractivity contribution in [2.24, 2.45) is 0 Å². The number of hydrogen-bond donors (Lipinski definition) is 3. The molecule has 27 heavy (non-hydrogen) atoms. The quantitative estimate of drug-likeness (QED) is 0.548. The van der Waals surface area contributed by atoms with Crippen molar-refractivity contribution in [3.63, 3.8) is 0 Å². The highest BCUT2D eigenvalue weighted by atomic mass is 16.5. The first-order valence-electron chi connectivity index (χ1n) is 8.36. The minimum atomic E-state index is -1.18. The summed E-state index contributed by atoms with van der Waals surface area (Å²) in [6.07, 6.45) is 1.03. The lowest BCUT2D eigenvalue weighted by Gasteiger charge is -2.11. The number of hydrogen-bond acceptors (Lipinski definition) is 5. The van der Waals surface area contributed by atoms with Gasteiger partial charge in [0.1, 0.15) is 17.1 Å². The molecule has 142 valence electrons.